The second-order valence-corrected chi connectivity index (χ2v) is 4.91. The smallest absolute Gasteiger partial charge is 0.119 e. The summed E-state index contributed by atoms with van der Waals surface area (Å²) in [6.07, 6.45) is 1.47. The summed E-state index contributed by atoms with van der Waals surface area (Å²) in [5.41, 5.74) is 12.0. The summed E-state index contributed by atoms with van der Waals surface area (Å²) < 4.78 is 5.77. The Morgan fingerprint density at radius 3 is 2.53 bits per heavy atom. The van der Waals surface area contributed by atoms with Gasteiger partial charge in [-0.3, -0.25) is 0 Å². The fourth-order valence-electron chi connectivity index (χ4n) is 1.90. The fourth-order valence-corrected chi connectivity index (χ4v) is 1.90. The molecule has 5 N–H and O–H groups in total. The third-order valence-corrected chi connectivity index (χ3v) is 3.52. The third kappa shape index (κ3) is 4.82. The van der Waals surface area contributed by atoms with Crippen molar-refractivity contribution in [2.45, 2.75) is 38.8 Å². The Kier molecular flexibility index (Phi) is 6.84. The van der Waals surface area contributed by atoms with E-state index in [1.807, 2.05) is 24.3 Å². The second-order valence-electron chi connectivity index (χ2n) is 4.91. The Morgan fingerprint density at radius 2 is 1.95 bits per heavy atom. The average molecular weight is 266 g/mol. The maximum Gasteiger partial charge on any atom is 0.119 e. The highest BCUT2D eigenvalue weighted by Gasteiger charge is 2.16. The molecule has 0 amide bonds. The van der Waals surface area contributed by atoms with Crippen LogP contribution in [0.3, 0.4) is 0 Å². The number of hydrogen-bond acceptors (Lipinski definition) is 4. The lowest BCUT2D eigenvalue weighted by atomic mass is 10.0. The summed E-state index contributed by atoms with van der Waals surface area (Å²) in [4.78, 5) is 0. The molecule has 4 nitrogen and oxygen atoms in total. The van der Waals surface area contributed by atoms with Crippen LogP contribution in [0.5, 0.6) is 5.75 Å². The van der Waals surface area contributed by atoms with Crippen molar-refractivity contribution >= 4 is 0 Å². The number of hydrogen-bond donors (Lipinski definition) is 3. The molecule has 2 atom stereocenters. The first-order chi connectivity index (χ1) is 9.12. The average Bonchev–Trinajstić information content (AvgIpc) is 2.47. The Morgan fingerprint density at radius 1 is 1.26 bits per heavy atom. The molecule has 0 aliphatic carbocycles. The van der Waals surface area contributed by atoms with Crippen molar-refractivity contribution in [1.82, 2.24) is 0 Å². The summed E-state index contributed by atoms with van der Waals surface area (Å²) in [7, 11) is 0. The van der Waals surface area contributed by atoms with Crippen LogP contribution in [0.15, 0.2) is 24.3 Å². The van der Waals surface area contributed by atoms with Gasteiger partial charge in [0.05, 0.1) is 12.7 Å². The SMILES string of the molecule is CCC(CC)COc1cccc([C@H](O)[C@H](N)CN)c1. The topological polar surface area (TPSA) is 81.5 Å². The van der Waals surface area contributed by atoms with Crippen molar-refractivity contribution < 1.29 is 9.84 Å². The number of ether oxygens (including phenoxy) is 1. The van der Waals surface area contributed by atoms with Gasteiger partial charge in [-0.2, -0.15) is 0 Å². The molecule has 0 spiro atoms. The molecule has 0 aliphatic rings. The molecular weight excluding hydrogens is 240 g/mol. The quantitative estimate of drug-likeness (QED) is 0.670. The molecule has 0 radical (unpaired) electrons. The van der Waals surface area contributed by atoms with Gasteiger partial charge in [-0.05, 0) is 23.6 Å². The van der Waals surface area contributed by atoms with Crippen LogP contribution in [0.25, 0.3) is 0 Å². The molecule has 0 aromatic heterocycles. The van der Waals surface area contributed by atoms with Gasteiger partial charge in [-0.15, -0.1) is 0 Å². The minimum Gasteiger partial charge on any atom is -0.493 e. The van der Waals surface area contributed by atoms with E-state index in [9.17, 15) is 5.11 Å². The Labute approximate surface area is 115 Å². The van der Waals surface area contributed by atoms with Crippen LogP contribution >= 0.6 is 0 Å². The maximum absolute atomic E-state index is 10.0. The molecular formula is C15H26N2O2. The van der Waals surface area contributed by atoms with Crippen molar-refractivity contribution in [2.75, 3.05) is 13.2 Å². The molecule has 4 heteroatoms. The van der Waals surface area contributed by atoms with Crippen molar-refractivity contribution in [1.29, 1.82) is 0 Å². The molecule has 1 aromatic rings. The first-order valence-electron chi connectivity index (χ1n) is 6.98. The van der Waals surface area contributed by atoms with E-state index in [2.05, 4.69) is 13.8 Å². The van der Waals surface area contributed by atoms with Crippen LogP contribution in [0.2, 0.25) is 0 Å². The highest BCUT2D eigenvalue weighted by atomic mass is 16.5. The number of aliphatic hydroxyl groups excluding tert-OH is 1. The van der Waals surface area contributed by atoms with Gasteiger partial charge in [0.25, 0.3) is 0 Å². The summed E-state index contributed by atoms with van der Waals surface area (Å²) in [5, 5.41) is 10.0. The van der Waals surface area contributed by atoms with E-state index in [1.165, 1.54) is 0 Å². The molecule has 0 aliphatic heterocycles. The van der Waals surface area contributed by atoms with Gasteiger partial charge in [0.2, 0.25) is 0 Å². The van der Waals surface area contributed by atoms with Crippen LogP contribution in [-0.4, -0.2) is 24.3 Å². The monoisotopic (exact) mass is 266 g/mol. The summed E-state index contributed by atoms with van der Waals surface area (Å²) in [6.45, 7) is 5.28. The van der Waals surface area contributed by atoms with E-state index in [-0.39, 0.29) is 6.54 Å². The summed E-state index contributed by atoms with van der Waals surface area (Å²) in [6, 6.07) is 6.98. The molecule has 1 aromatic carbocycles. The van der Waals surface area contributed by atoms with Gasteiger partial charge in [-0.1, -0.05) is 38.8 Å². The molecule has 0 saturated carbocycles. The lowest BCUT2D eigenvalue weighted by molar-refractivity contribution is 0.148. The zero-order chi connectivity index (χ0) is 14.3. The van der Waals surface area contributed by atoms with Gasteiger partial charge in [0.15, 0.2) is 0 Å². The molecule has 19 heavy (non-hydrogen) atoms. The van der Waals surface area contributed by atoms with Crippen LogP contribution < -0.4 is 16.2 Å². The zero-order valence-corrected chi connectivity index (χ0v) is 11.9. The van der Waals surface area contributed by atoms with Gasteiger partial charge >= 0.3 is 0 Å². The minimum atomic E-state index is -0.748. The first-order valence-corrected chi connectivity index (χ1v) is 6.98. The molecule has 0 bridgehead atoms. The van der Waals surface area contributed by atoms with E-state index < -0.39 is 12.1 Å². The van der Waals surface area contributed by atoms with Crippen molar-refractivity contribution in [3.63, 3.8) is 0 Å². The Bertz CT molecular complexity index is 367. The lowest BCUT2D eigenvalue weighted by Crippen LogP contribution is -2.35. The zero-order valence-electron chi connectivity index (χ0n) is 11.9. The van der Waals surface area contributed by atoms with E-state index in [0.717, 1.165) is 24.2 Å². The Balaban J connectivity index is 2.66. The fraction of sp³-hybridized carbons (Fsp3) is 0.600. The molecule has 0 saturated heterocycles. The largest absolute Gasteiger partial charge is 0.493 e. The van der Waals surface area contributed by atoms with Crippen LogP contribution in [0, 0.1) is 5.92 Å². The van der Waals surface area contributed by atoms with Crippen LogP contribution in [0.4, 0.5) is 0 Å². The van der Waals surface area contributed by atoms with Gasteiger partial charge in [0, 0.05) is 12.6 Å². The number of rotatable bonds is 8. The van der Waals surface area contributed by atoms with Crippen molar-refractivity contribution in [3.05, 3.63) is 29.8 Å². The van der Waals surface area contributed by atoms with Gasteiger partial charge < -0.3 is 21.3 Å². The van der Waals surface area contributed by atoms with Crippen molar-refractivity contribution in [3.8, 4) is 5.75 Å². The summed E-state index contributed by atoms with van der Waals surface area (Å²) in [5.74, 6) is 1.34. The normalized spacial score (nSPS) is 14.4. The highest BCUT2D eigenvalue weighted by Crippen LogP contribution is 2.22. The molecule has 0 fully saturated rings. The standard InChI is InChI=1S/C15H26N2O2/c1-3-11(4-2)10-19-13-7-5-6-12(8-13)15(18)14(17)9-16/h5-8,11,14-15,18H,3-4,9-10,16-17H2,1-2H3/t14-,15+/m1/s1. The van der Waals surface area contributed by atoms with E-state index in [1.54, 1.807) is 0 Å². The predicted octanol–water partition coefficient (Wildman–Crippen LogP) is 1.82. The molecule has 1 rings (SSSR count). The first kappa shape index (κ1) is 16.0. The highest BCUT2D eigenvalue weighted by molar-refractivity contribution is 5.30. The maximum atomic E-state index is 10.0. The predicted molar refractivity (Wildman–Crippen MR) is 78.0 cm³/mol. The van der Waals surface area contributed by atoms with Crippen LogP contribution in [-0.2, 0) is 0 Å². The number of aliphatic hydroxyl groups is 1. The van der Waals surface area contributed by atoms with Crippen LogP contribution in [0.1, 0.15) is 38.4 Å². The van der Waals surface area contributed by atoms with Gasteiger partial charge in [0.1, 0.15) is 5.75 Å². The third-order valence-electron chi connectivity index (χ3n) is 3.52. The molecule has 0 heterocycles. The van der Waals surface area contributed by atoms with E-state index in [4.69, 9.17) is 16.2 Å². The van der Waals surface area contributed by atoms with Gasteiger partial charge in [-0.25, -0.2) is 0 Å². The summed E-state index contributed by atoms with van der Waals surface area (Å²) >= 11 is 0. The lowest BCUT2D eigenvalue weighted by Gasteiger charge is -2.19. The van der Waals surface area contributed by atoms with E-state index in [0.29, 0.717) is 12.5 Å². The van der Waals surface area contributed by atoms with E-state index >= 15 is 0 Å². The number of nitrogens with two attached hydrogens (primary N) is 2. The molecule has 0 unspecified atom stereocenters. The second kappa shape index (κ2) is 8.15. The minimum absolute atomic E-state index is 0.250. The number of benzene rings is 1. The Hall–Kier alpha value is -1.10. The van der Waals surface area contributed by atoms with Crippen molar-refractivity contribution in [2.24, 2.45) is 17.4 Å². The molecule has 108 valence electrons.